The van der Waals surface area contributed by atoms with Gasteiger partial charge < -0.3 is 14.8 Å². The van der Waals surface area contributed by atoms with E-state index >= 15 is 0 Å². The molecule has 2 heterocycles. The van der Waals surface area contributed by atoms with E-state index in [0.29, 0.717) is 17.5 Å². The van der Waals surface area contributed by atoms with Crippen molar-refractivity contribution in [1.82, 2.24) is 10.3 Å². The first-order valence-corrected chi connectivity index (χ1v) is 7.27. The van der Waals surface area contributed by atoms with E-state index in [-0.39, 0.29) is 6.04 Å². The third kappa shape index (κ3) is 3.35. The maximum Gasteiger partial charge on any atom is 0.213 e. The second-order valence-electron chi connectivity index (χ2n) is 4.92. The summed E-state index contributed by atoms with van der Waals surface area (Å²) in [5.74, 6) is 0.591. The molecule has 1 aliphatic rings. The average Bonchev–Trinajstić information content (AvgIpc) is 2.55. The molecule has 0 bridgehead atoms. The number of hydrogen-bond donors (Lipinski definition) is 1. The van der Waals surface area contributed by atoms with Gasteiger partial charge in [0.05, 0.1) is 32.1 Å². The molecule has 1 aliphatic heterocycles. The maximum absolute atomic E-state index is 6.27. The Morgan fingerprint density at radius 3 is 3.00 bits per heavy atom. The molecular weight excluding hydrogens is 288 g/mol. The molecule has 21 heavy (non-hydrogen) atoms. The van der Waals surface area contributed by atoms with Gasteiger partial charge in [0.1, 0.15) is 0 Å². The number of morpholine rings is 1. The molecule has 0 amide bonds. The summed E-state index contributed by atoms with van der Waals surface area (Å²) in [6.45, 7) is 2.26. The van der Waals surface area contributed by atoms with Crippen LogP contribution >= 0.6 is 11.6 Å². The largest absolute Gasteiger partial charge is 0.481 e. The quantitative estimate of drug-likeness (QED) is 0.946. The van der Waals surface area contributed by atoms with E-state index in [0.717, 1.165) is 30.0 Å². The van der Waals surface area contributed by atoms with Crippen LogP contribution < -0.4 is 10.1 Å². The second kappa shape index (κ2) is 6.43. The van der Waals surface area contributed by atoms with Crippen molar-refractivity contribution in [3.05, 3.63) is 47.0 Å². The van der Waals surface area contributed by atoms with E-state index in [1.165, 1.54) is 0 Å². The lowest BCUT2D eigenvalue weighted by Gasteiger charge is -2.24. The third-order valence-corrected chi connectivity index (χ3v) is 3.69. The van der Waals surface area contributed by atoms with Gasteiger partial charge in [0, 0.05) is 23.2 Å². The van der Waals surface area contributed by atoms with Crippen LogP contribution in [0.2, 0.25) is 5.02 Å². The highest BCUT2D eigenvalue weighted by Gasteiger charge is 2.17. The van der Waals surface area contributed by atoms with Crippen LogP contribution in [0.3, 0.4) is 0 Å². The van der Waals surface area contributed by atoms with E-state index < -0.39 is 0 Å². The first kappa shape index (κ1) is 14.3. The van der Waals surface area contributed by atoms with E-state index in [1.54, 1.807) is 7.11 Å². The molecule has 1 N–H and O–H groups in total. The number of aromatic nitrogens is 1. The minimum absolute atomic E-state index is 0.168. The summed E-state index contributed by atoms with van der Waals surface area (Å²) in [7, 11) is 1.61. The van der Waals surface area contributed by atoms with Gasteiger partial charge in [-0.05, 0) is 29.8 Å². The Balaban J connectivity index is 1.96. The van der Waals surface area contributed by atoms with Gasteiger partial charge in [-0.2, -0.15) is 0 Å². The molecule has 1 aromatic heterocycles. The number of halogens is 1. The Morgan fingerprint density at radius 1 is 1.33 bits per heavy atom. The number of ether oxygens (including phenoxy) is 2. The Hall–Kier alpha value is -1.62. The zero-order valence-corrected chi connectivity index (χ0v) is 12.6. The van der Waals surface area contributed by atoms with Crippen molar-refractivity contribution in [2.45, 2.75) is 6.04 Å². The lowest BCUT2D eigenvalue weighted by atomic mass is 10.0. The van der Waals surface area contributed by atoms with Gasteiger partial charge >= 0.3 is 0 Å². The topological polar surface area (TPSA) is 43.4 Å². The van der Waals surface area contributed by atoms with Crippen molar-refractivity contribution < 1.29 is 9.47 Å². The molecule has 0 radical (unpaired) electrons. The van der Waals surface area contributed by atoms with Crippen LogP contribution in [0.5, 0.6) is 5.88 Å². The van der Waals surface area contributed by atoms with Crippen molar-refractivity contribution in [3.63, 3.8) is 0 Å². The summed E-state index contributed by atoms with van der Waals surface area (Å²) in [6, 6.07) is 11.8. The molecule has 0 saturated carbocycles. The van der Waals surface area contributed by atoms with Crippen LogP contribution in [0, 0.1) is 0 Å². The highest BCUT2D eigenvalue weighted by Crippen LogP contribution is 2.28. The van der Waals surface area contributed by atoms with E-state index in [1.807, 2.05) is 30.3 Å². The van der Waals surface area contributed by atoms with E-state index in [4.69, 9.17) is 21.1 Å². The summed E-state index contributed by atoms with van der Waals surface area (Å²) < 4.78 is 10.7. The summed E-state index contributed by atoms with van der Waals surface area (Å²) >= 11 is 6.27. The number of pyridine rings is 1. The van der Waals surface area contributed by atoms with E-state index in [9.17, 15) is 0 Å². The van der Waals surface area contributed by atoms with Gasteiger partial charge in [0.2, 0.25) is 5.88 Å². The van der Waals surface area contributed by atoms with Crippen molar-refractivity contribution in [2.24, 2.45) is 0 Å². The maximum atomic E-state index is 6.27. The minimum Gasteiger partial charge on any atom is -0.481 e. The number of benzene rings is 1. The Labute approximate surface area is 129 Å². The van der Waals surface area contributed by atoms with Gasteiger partial charge in [-0.1, -0.05) is 17.7 Å². The molecule has 1 saturated heterocycles. The number of methoxy groups -OCH3 is 1. The van der Waals surface area contributed by atoms with Crippen molar-refractivity contribution in [2.75, 3.05) is 26.9 Å². The van der Waals surface area contributed by atoms with Crippen molar-refractivity contribution in [3.8, 4) is 17.1 Å². The average molecular weight is 305 g/mol. The summed E-state index contributed by atoms with van der Waals surface area (Å²) in [5.41, 5.74) is 2.93. The van der Waals surface area contributed by atoms with E-state index in [2.05, 4.69) is 16.4 Å². The van der Waals surface area contributed by atoms with Gasteiger partial charge in [-0.3, -0.25) is 0 Å². The molecule has 1 atom stereocenters. The fourth-order valence-electron chi connectivity index (χ4n) is 2.43. The van der Waals surface area contributed by atoms with Crippen LogP contribution in [0.4, 0.5) is 0 Å². The molecule has 3 rings (SSSR count). The van der Waals surface area contributed by atoms with Gasteiger partial charge in [-0.15, -0.1) is 0 Å². The zero-order chi connectivity index (χ0) is 14.7. The molecule has 1 fully saturated rings. The molecule has 0 spiro atoms. The molecule has 1 unspecified atom stereocenters. The van der Waals surface area contributed by atoms with Gasteiger partial charge in [0.25, 0.3) is 0 Å². The first-order valence-electron chi connectivity index (χ1n) is 6.89. The summed E-state index contributed by atoms with van der Waals surface area (Å²) in [4.78, 5) is 4.46. The molecule has 5 heteroatoms. The number of nitrogens with zero attached hydrogens (tertiary/aromatic N) is 1. The second-order valence-corrected chi connectivity index (χ2v) is 5.36. The minimum atomic E-state index is 0.168. The number of hydrogen-bond acceptors (Lipinski definition) is 4. The predicted molar refractivity (Wildman–Crippen MR) is 82.8 cm³/mol. The molecular formula is C16H17ClN2O2. The Kier molecular flexibility index (Phi) is 4.39. The smallest absolute Gasteiger partial charge is 0.213 e. The van der Waals surface area contributed by atoms with Gasteiger partial charge in [-0.25, -0.2) is 4.98 Å². The molecule has 1 aromatic carbocycles. The normalized spacial score (nSPS) is 18.5. The standard InChI is InChI=1S/C16H17ClN2O2/c1-20-16-4-2-3-14(19-16)11-7-12(9-13(17)8-11)15-10-21-6-5-18-15/h2-4,7-9,15,18H,5-6,10H2,1H3. The monoisotopic (exact) mass is 304 g/mol. The zero-order valence-electron chi connectivity index (χ0n) is 11.8. The van der Waals surface area contributed by atoms with Crippen LogP contribution in [0.25, 0.3) is 11.3 Å². The lowest BCUT2D eigenvalue weighted by molar-refractivity contribution is 0.0769. The van der Waals surface area contributed by atoms with Gasteiger partial charge in [0.15, 0.2) is 0 Å². The summed E-state index contributed by atoms with van der Waals surface area (Å²) in [6.07, 6.45) is 0. The number of nitrogens with one attached hydrogen (secondary N) is 1. The SMILES string of the molecule is COc1cccc(-c2cc(Cl)cc(C3COCCN3)c2)n1. The Morgan fingerprint density at radius 2 is 2.24 bits per heavy atom. The molecule has 2 aromatic rings. The van der Waals surface area contributed by atoms with Crippen molar-refractivity contribution in [1.29, 1.82) is 0 Å². The highest BCUT2D eigenvalue weighted by atomic mass is 35.5. The number of rotatable bonds is 3. The fourth-order valence-corrected chi connectivity index (χ4v) is 2.67. The molecule has 110 valence electrons. The van der Waals surface area contributed by atoms with Crippen LogP contribution in [-0.4, -0.2) is 31.9 Å². The van der Waals surface area contributed by atoms with Crippen LogP contribution in [0.15, 0.2) is 36.4 Å². The highest BCUT2D eigenvalue weighted by molar-refractivity contribution is 6.31. The first-order chi connectivity index (χ1) is 10.3. The lowest BCUT2D eigenvalue weighted by Crippen LogP contribution is -2.34. The third-order valence-electron chi connectivity index (χ3n) is 3.47. The van der Waals surface area contributed by atoms with Crippen LogP contribution in [0.1, 0.15) is 11.6 Å². The predicted octanol–water partition coefficient (Wildman–Crippen LogP) is 3.07. The molecule has 4 nitrogen and oxygen atoms in total. The van der Waals surface area contributed by atoms with Crippen molar-refractivity contribution >= 4 is 11.6 Å². The molecule has 0 aliphatic carbocycles. The Bertz CT molecular complexity index is 627. The summed E-state index contributed by atoms with van der Waals surface area (Å²) in [5, 5.41) is 4.13. The van der Waals surface area contributed by atoms with Crippen LogP contribution in [-0.2, 0) is 4.74 Å². The fraction of sp³-hybridized carbons (Fsp3) is 0.312.